The van der Waals surface area contributed by atoms with Gasteiger partial charge in [0.15, 0.2) is 0 Å². The van der Waals surface area contributed by atoms with Crippen LogP contribution in [0.5, 0.6) is 0 Å². The summed E-state index contributed by atoms with van der Waals surface area (Å²) in [6.07, 6.45) is 4.86. The van der Waals surface area contributed by atoms with Gasteiger partial charge < -0.3 is 5.32 Å². The topological polar surface area (TPSA) is 114 Å². The molecular weight excluding hydrogens is 366 g/mol. The molecule has 0 unspecified atom stereocenters. The van der Waals surface area contributed by atoms with E-state index < -0.39 is 4.92 Å². The van der Waals surface area contributed by atoms with Crippen LogP contribution in [0.4, 0.5) is 10.7 Å². The fourth-order valence-electron chi connectivity index (χ4n) is 3.52. The Morgan fingerprint density at radius 1 is 1.41 bits per heavy atom. The van der Waals surface area contributed by atoms with E-state index in [0.29, 0.717) is 34.9 Å². The molecule has 1 aliphatic rings. The fraction of sp³-hybridized carbons (Fsp3) is 0.500. The van der Waals surface area contributed by atoms with Crippen molar-refractivity contribution >= 4 is 27.9 Å². The largest absolute Gasteiger partial charge is 0.317 e. The lowest BCUT2D eigenvalue weighted by Crippen LogP contribution is -2.13. The van der Waals surface area contributed by atoms with Crippen molar-refractivity contribution in [2.24, 2.45) is 0 Å². The van der Waals surface area contributed by atoms with Crippen molar-refractivity contribution < 1.29 is 9.72 Å². The zero-order chi connectivity index (χ0) is 19.6. The van der Waals surface area contributed by atoms with Crippen molar-refractivity contribution in [2.45, 2.75) is 58.9 Å². The van der Waals surface area contributed by atoms with Crippen LogP contribution in [0.15, 0.2) is 0 Å². The number of amides is 1. The second-order valence-corrected chi connectivity index (χ2v) is 7.78. The van der Waals surface area contributed by atoms with Gasteiger partial charge in [0.1, 0.15) is 22.5 Å². The van der Waals surface area contributed by atoms with Crippen molar-refractivity contribution in [3.8, 4) is 6.07 Å². The summed E-state index contributed by atoms with van der Waals surface area (Å²) in [7, 11) is 0. The predicted molar refractivity (Wildman–Crippen MR) is 102 cm³/mol. The number of fused-ring (bicyclic) bond motifs is 1. The van der Waals surface area contributed by atoms with Gasteiger partial charge in [0.2, 0.25) is 5.91 Å². The minimum atomic E-state index is -0.428. The first-order valence-electron chi connectivity index (χ1n) is 8.95. The van der Waals surface area contributed by atoms with E-state index in [1.165, 1.54) is 16.2 Å². The maximum Gasteiger partial charge on any atom is 0.312 e. The molecule has 8 nitrogen and oxygen atoms in total. The molecule has 0 radical (unpaired) electrons. The lowest BCUT2D eigenvalue weighted by molar-refractivity contribution is -0.386. The van der Waals surface area contributed by atoms with E-state index in [2.05, 4.69) is 16.5 Å². The van der Waals surface area contributed by atoms with Crippen molar-refractivity contribution in [2.75, 3.05) is 5.32 Å². The molecule has 0 saturated carbocycles. The van der Waals surface area contributed by atoms with Gasteiger partial charge in [0.05, 0.1) is 10.5 Å². The first kappa shape index (κ1) is 19.0. The number of nitrogens with zero attached hydrogens (tertiary/aromatic N) is 4. The van der Waals surface area contributed by atoms with Crippen LogP contribution >= 0.6 is 11.3 Å². The number of nitrogens with one attached hydrogen (secondary N) is 1. The number of carbonyl (C=O) groups excluding carboxylic acids is 1. The average Bonchev–Trinajstić information content (AvgIpc) is 3.11. The Morgan fingerprint density at radius 2 is 2.15 bits per heavy atom. The van der Waals surface area contributed by atoms with Gasteiger partial charge in [-0.05, 0) is 51.5 Å². The molecule has 3 rings (SSSR count). The van der Waals surface area contributed by atoms with Gasteiger partial charge in [-0.2, -0.15) is 10.4 Å². The molecule has 1 N–H and O–H groups in total. The number of nitriles is 1. The number of carbonyl (C=O) groups is 1. The highest BCUT2D eigenvalue weighted by Crippen LogP contribution is 2.37. The summed E-state index contributed by atoms with van der Waals surface area (Å²) in [6.45, 7) is 3.70. The Bertz CT molecular complexity index is 938. The third-order valence-corrected chi connectivity index (χ3v) is 6.04. The number of hydrogen-bond acceptors (Lipinski definition) is 6. The number of rotatable bonds is 6. The lowest BCUT2D eigenvalue weighted by Gasteiger charge is -2.09. The van der Waals surface area contributed by atoms with Crippen LogP contribution in [0, 0.1) is 35.3 Å². The Hall–Kier alpha value is -2.73. The van der Waals surface area contributed by atoms with E-state index in [-0.39, 0.29) is 18.0 Å². The molecule has 2 aromatic heterocycles. The maximum atomic E-state index is 12.3. The minimum absolute atomic E-state index is 0.0299. The molecule has 9 heteroatoms. The zero-order valence-electron chi connectivity index (χ0n) is 15.4. The van der Waals surface area contributed by atoms with Crippen molar-refractivity contribution in [3.63, 3.8) is 0 Å². The summed E-state index contributed by atoms with van der Waals surface area (Å²) in [5.41, 5.74) is 2.61. The summed E-state index contributed by atoms with van der Waals surface area (Å²) in [5, 5.41) is 28.2. The Morgan fingerprint density at radius 3 is 2.81 bits per heavy atom. The summed E-state index contributed by atoms with van der Waals surface area (Å²) in [4.78, 5) is 24.1. The van der Waals surface area contributed by atoms with E-state index in [4.69, 9.17) is 0 Å². The molecule has 0 atom stereocenters. The first-order chi connectivity index (χ1) is 12.9. The number of aromatic nitrogens is 2. The van der Waals surface area contributed by atoms with E-state index in [0.717, 1.165) is 31.2 Å². The molecule has 27 heavy (non-hydrogen) atoms. The number of aryl methyl sites for hydroxylation is 3. The highest BCUT2D eigenvalue weighted by Gasteiger charge is 2.23. The molecule has 0 aromatic carbocycles. The Labute approximate surface area is 161 Å². The Balaban J connectivity index is 1.60. The molecular formula is C18H21N5O3S. The number of nitro groups is 1. The molecule has 0 aliphatic heterocycles. The van der Waals surface area contributed by atoms with Crippen LogP contribution in [0.2, 0.25) is 0 Å². The van der Waals surface area contributed by atoms with E-state index in [1.807, 2.05) is 0 Å². The van der Waals surface area contributed by atoms with E-state index >= 15 is 0 Å². The third-order valence-electron chi connectivity index (χ3n) is 4.84. The van der Waals surface area contributed by atoms with E-state index in [9.17, 15) is 20.2 Å². The van der Waals surface area contributed by atoms with Crippen molar-refractivity contribution in [1.29, 1.82) is 5.26 Å². The summed E-state index contributed by atoms with van der Waals surface area (Å²) >= 11 is 1.51. The fourth-order valence-corrected chi connectivity index (χ4v) is 4.78. The molecule has 2 heterocycles. The van der Waals surface area contributed by atoms with Crippen LogP contribution in [0.1, 0.15) is 53.1 Å². The third kappa shape index (κ3) is 3.85. The van der Waals surface area contributed by atoms with Crippen LogP contribution < -0.4 is 5.32 Å². The molecule has 142 valence electrons. The highest BCUT2D eigenvalue weighted by atomic mass is 32.1. The molecule has 0 fully saturated rings. The molecule has 1 amide bonds. The average molecular weight is 387 g/mol. The van der Waals surface area contributed by atoms with Crippen molar-refractivity contribution in [3.05, 3.63) is 37.5 Å². The standard InChI is InChI=1S/C18H21N5O3S/c1-11-17(23(25)26)12(2)22(21-11)9-5-8-16(24)20-18-14(10-19)13-6-3-4-7-15(13)27-18/h3-9H2,1-2H3,(H,20,24). The normalized spacial score (nSPS) is 13.1. The SMILES string of the molecule is Cc1nn(CCCC(=O)Nc2sc3c(c2C#N)CCCC3)c(C)c1[N+](=O)[O-]. The number of hydrogen-bond donors (Lipinski definition) is 1. The first-order valence-corrected chi connectivity index (χ1v) is 9.77. The summed E-state index contributed by atoms with van der Waals surface area (Å²) in [6, 6.07) is 2.24. The quantitative estimate of drug-likeness (QED) is 0.600. The van der Waals surface area contributed by atoms with E-state index in [1.54, 1.807) is 18.5 Å². The molecule has 0 bridgehead atoms. The smallest absolute Gasteiger partial charge is 0.312 e. The van der Waals surface area contributed by atoms with Gasteiger partial charge in [-0.25, -0.2) is 0 Å². The maximum absolute atomic E-state index is 12.3. The van der Waals surface area contributed by atoms with Crippen LogP contribution in [-0.2, 0) is 24.2 Å². The van der Waals surface area contributed by atoms with Crippen molar-refractivity contribution in [1.82, 2.24) is 9.78 Å². The number of thiophene rings is 1. The monoisotopic (exact) mass is 387 g/mol. The minimum Gasteiger partial charge on any atom is -0.317 e. The van der Waals surface area contributed by atoms with Crippen LogP contribution in [-0.4, -0.2) is 20.6 Å². The number of anilines is 1. The second-order valence-electron chi connectivity index (χ2n) is 6.68. The van der Waals surface area contributed by atoms with Gasteiger partial charge in [-0.1, -0.05) is 0 Å². The van der Waals surface area contributed by atoms with Crippen LogP contribution in [0.3, 0.4) is 0 Å². The second kappa shape index (κ2) is 7.88. The van der Waals surface area contributed by atoms with Crippen LogP contribution in [0.25, 0.3) is 0 Å². The molecule has 1 aliphatic carbocycles. The van der Waals surface area contributed by atoms with Gasteiger partial charge in [0.25, 0.3) is 0 Å². The lowest BCUT2D eigenvalue weighted by atomic mass is 9.96. The highest BCUT2D eigenvalue weighted by molar-refractivity contribution is 7.16. The molecule has 0 spiro atoms. The van der Waals surface area contributed by atoms with Gasteiger partial charge in [0, 0.05) is 17.8 Å². The van der Waals surface area contributed by atoms with Gasteiger partial charge in [-0.3, -0.25) is 19.6 Å². The van der Waals surface area contributed by atoms with Gasteiger partial charge >= 0.3 is 5.69 Å². The zero-order valence-corrected chi connectivity index (χ0v) is 16.2. The molecule has 2 aromatic rings. The summed E-state index contributed by atoms with van der Waals surface area (Å²) < 4.78 is 1.57. The van der Waals surface area contributed by atoms with Gasteiger partial charge in [-0.15, -0.1) is 11.3 Å². The summed E-state index contributed by atoms with van der Waals surface area (Å²) in [5.74, 6) is -0.152. The predicted octanol–water partition coefficient (Wildman–Crippen LogP) is 3.64. The Kier molecular flexibility index (Phi) is 5.56. The molecule has 0 saturated heterocycles.